The molecule has 0 aromatic rings. The van der Waals surface area contributed by atoms with Crippen molar-refractivity contribution in [3.05, 3.63) is 0 Å². The summed E-state index contributed by atoms with van der Waals surface area (Å²) in [6, 6.07) is 0. The van der Waals surface area contributed by atoms with Crippen molar-refractivity contribution >= 4 is 0 Å². The Morgan fingerprint density at radius 1 is 1.55 bits per heavy atom. The number of likely N-dealkylation sites (tertiary alicyclic amines) is 1. The van der Waals surface area contributed by atoms with Gasteiger partial charge < -0.3 is 4.90 Å². The monoisotopic (exact) mass is 159 g/mol. The molecular formula is C9H18FN. The normalized spacial score (nSPS) is 33.5. The van der Waals surface area contributed by atoms with Crippen molar-refractivity contribution in [1.82, 2.24) is 4.90 Å². The summed E-state index contributed by atoms with van der Waals surface area (Å²) in [7, 11) is 1.99. The van der Waals surface area contributed by atoms with Gasteiger partial charge in [-0.25, -0.2) is 4.39 Å². The molecule has 1 fully saturated rings. The standard InChI is InChI=1S/C9H18FN/c1-8(2)6-9(10)4-5-11(3)7-9/h8H,4-7H2,1-3H3. The average molecular weight is 159 g/mol. The van der Waals surface area contributed by atoms with Crippen molar-refractivity contribution in [2.75, 3.05) is 20.1 Å². The quantitative estimate of drug-likeness (QED) is 0.596. The van der Waals surface area contributed by atoms with Gasteiger partial charge in [0.05, 0.1) is 0 Å². The molecule has 0 amide bonds. The van der Waals surface area contributed by atoms with Gasteiger partial charge in [-0.05, 0) is 25.8 Å². The maximum absolute atomic E-state index is 13.8. The first-order valence-corrected chi connectivity index (χ1v) is 4.39. The molecule has 0 saturated carbocycles. The molecular weight excluding hydrogens is 141 g/mol. The van der Waals surface area contributed by atoms with E-state index in [1.165, 1.54) is 0 Å². The first-order chi connectivity index (χ1) is 5.02. The molecule has 1 aliphatic rings. The van der Waals surface area contributed by atoms with Crippen LogP contribution < -0.4 is 0 Å². The van der Waals surface area contributed by atoms with Gasteiger partial charge in [0.1, 0.15) is 5.67 Å². The second-order valence-corrected chi connectivity index (χ2v) is 4.24. The lowest BCUT2D eigenvalue weighted by atomic mass is 9.93. The molecule has 11 heavy (non-hydrogen) atoms. The SMILES string of the molecule is CC(C)CC1(F)CCN(C)C1. The molecule has 66 valence electrons. The van der Waals surface area contributed by atoms with E-state index in [-0.39, 0.29) is 0 Å². The highest BCUT2D eigenvalue weighted by atomic mass is 19.1. The van der Waals surface area contributed by atoms with Crippen LogP contribution in [0.5, 0.6) is 0 Å². The van der Waals surface area contributed by atoms with E-state index in [1.54, 1.807) is 0 Å². The Hall–Kier alpha value is -0.110. The molecule has 2 heteroatoms. The molecule has 0 radical (unpaired) electrons. The van der Waals surface area contributed by atoms with Crippen LogP contribution in [-0.2, 0) is 0 Å². The van der Waals surface area contributed by atoms with Gasteiger partial charge in [-0.2, -0.15) is 0 Å². The third kappa shape index (κ3) is 2.44. The van der Waals surface area contributed by atoms with Gasteiger partial charge in [0.2, 0.25) is 0 Å². The summed E-state index contributed by atoms with van der Waals surface area (Å²) in [5, 5.41) is 0. The molecule has 0 aromatic heterocycles. The van der Waals surface area contributed by atoms with Crippen LogP contribution in [0.1, 0.15) is 26.7 Å². The molecule has 0 aliphatic carbocycles. The number of halogens is 1. The number of hydrogen-bond donors (Lipinski definition) is 0. The van der Waals surface area contributed by atoms with Gasteiger partial charge in [-0.1, -0.05) is 13.8 Å². The van der Waals surface area contributed by atoms with Crippen molar-refractivity contribution in [3.63, 3.8) is 0 Å². The van der Waals surface area contributed by atoms with Crippen LogP contribution in [-0.4, -0.2) is 30.7 Å². The molecule has 0 N–H and O–H groups in total. The second-order valence-electron chi connectivity index (χ2n) is 4.24. The number of nitrogens with zero attached hydrogens (tertiary/aromatic N) is 1. The summed E-state index contributed by atoms with van der Waals surface area (Å²) >= 11 is 0. The van der Waals surface area contributed by atoms with Crippen molar-refractivity contribution in [3.8, 4) is 0 Å². The van der Waals surface area contributed by atoms with Gasteiger partial charge in [0.25, 0.3) is 0 Å². The van der Waals surface area contributed by atoms with Crippen molar-refractivity contribution < 1.29 is 4.39 Å². The highest BCUT2D eigenvalue weighted by Crippen LogP contribution is 2.30. The van der Waals surface area contributed by atoms with Gasteiger partial charge in [0, 0.05) is 13.1 Å². The van der Waals surface area contributed by atoms with E-state index in [0.717, 1.165) is 19.4 Å². The van der Waals surface area contributed by atoms with Gasteiger partial charge in [-0.3, -0.25) is 0 Å². The Balaban J connectivity index is 2.42. The lowest BCUT2D eigenvalue weighted by Gasteiger charge is -2.21. The predicted molar refractivity (Wildman–Crippen MR) is 45.4 cm³/mol. The number of rotatable bonds is 2. The fourth-order valence-corrected chi connectivity index (χ4v) is 1.93. The van der Waals surface area contributed by atoms with Crippen molar-refractivity contribution in [2.45, 2.75) is 32.4 Å². The van der Waals surface area contributed by atoms with E-state index in [2.05, 4.69) is 18.7 Å². The first kappa shape index (κ1) is 8.98. The molecule has 1 rings (SSSR count). The first-order valence-electron chi connectivity index (χ1n) is 4.39. The lowest BCUT2D eigenvalue weighted by molar-refractivity contribution is 0.141. The maximum atomic E-state index is 13.8. The largest absolute Gasteiger partial charge is 0.303 e. The Morgan fingerprint density at radius 2 is 2.18 bits per heavy atom. The van der Waals surface area contributed by atoms with Crippen LogP contribution in [0.15, 0.2) is 0 Å². The van der Waals surface area contributed by atoms with Gasteiger partial charge in [-0.15, -0.1) is 0 Å². The zero-order chi connectivity index (χ0) is 8.48. The highest BCUT2D eigenvalue weighted by Gasteiger charge is 2.36. The number of hydrogen-bond acceptors (Lipinski definition) is 1. The molecule has 0 aromatic carbocycles. The van der Waals surface area contributed by atoms with Crippen LogP contribution >= 0.6 is 0 Å². The van der Waals surface area contributed by atoms with E-state index in [4.69, 9.17) is 0 Å². The molecule has 1 atom stereocenters. The molecule has 1 nitrogen and oxygen atoms in total. The fourth-order valence-electron chi connectivity index (χ4n) is 1.93. The molecule has 0 bridgehead atoms. The fraction of sp³-hybridized carbons (Fsp3) is 1.00. The molecule has 0 spiro atoms. The number of alkyl halides is 1. The Bertz CT molecular complexity index is 136. The van der Waals surface area contributed by atoms with Crippen molar-refractivity contribution in [1.29, 1.82) is 0 Å². The summed E-state index contributed by atoms with van der Waals surface area (Å²) in [6.07, 6.45) is 1.44. The van der Waals surface area contributed by atoms with Crippen LogP contribution in [0.3, 0.4) is 0 Å². The molecule has 1 saturated heterocycles. The lowest BCUT2D eigenvalue weighted by Crippen LogP contribution is -2.28. The Morgan fingerprint density at radius 3 is 2.55 bits per heavy atom. The summed E-state index contributed by atoms with van der Waals surface area (Å²) in [5.74, 6) is 0.478. The van der Waals surface area contributed by atoms with Gasteiger partial charge >= 0.3 is 0 Å². The zero-order valence-corrected chi connectivity index (χ0v) is 7.73. The summed E-state index contributed by atoms with van der Waals surface area (Å²) in [4.78, 5) is 2.07. The summed E-state index contributed by atoms with van der Waals surface area (Å²) < 4.78 is 13.8. The smallest absolute Gasteiger partial charge is 0.125 e. The summed E-state index contributed by atoms with van der Waals surface area (Å²) in [5.41, 5.74) is -0.886. The average Bonchev–Trinajstić information content (AvgIpc) is 2.08. The third-order valence-corrected chi connectivity index (χ3v) is 2.27. The van der Waals surface area contributed by atoms with E-state index in [9.17, 15) is 4.39 Å². The van der Waals surface area contributed by atoms with Crippen LogP contribution in [0.25, 0.3) is 0 Å². The molecule has 1 aliphatic heterocycles. The van der Waals surface area contributed by atoms with E-state index < -0.39 is 5.67 Å². The van der Waals surface area contributed by atoms with Crippen LogP contribution in [0.4, 0.5) is 4.39 Å². The minimum Gasteiger partial charge on any atom is -0.303 e. The van der Waals surface area contributed by atoms with E-state index in [1.807, 2.05) is 7.05 Å². The van der Waals surface area contributed by atoms with E-state index >= 15 is 0 Å². The Labute approximate surface area is 68.6 Å². The van der Waals surface area contributed by atoms with Crippen LogP contribution in [0, 0.1) is 5.92 Å². The van der Waals surface area contributed by atoms with Gasteiger partial charge in [0.15, 0.2) is 0 Å². The van der Waals surface area contributed by atoms with Crippen LogP contribution in [0.2, 0.25) is 0 Å². The van der Waals surface area contributed by atoms with E-state index in [0.29, 0.717) is 12.5 Å². The minimum atomic E-state index is -0.886. The molecule has 1 unspecified atom stereocenters. The van der Waals surface area contributed by atoms with Crippen molar-refractivity contribution in [2.24, 2.45) is 5.92 Å². The zero-order valence-electron chi connectivity index (χ0n) is 7.73. The topological polar surface area (TPSA) is 3.24 Å². The molecule has 1 heterocycles. The third-order valence-electron chi connectivity index (χ3n) is 2.27. The second kappa shape index (κ2) is 3.10. The highest BCUT2D eigenvalue weighted by molar-refractivity contribution is 4.89. The predicted octanol–water partition coefficient (Wildman–Crippen LogP) is 2.08. The maximum Gasteiger partial charge on any atom is 0.125 e. The summed E-state index contributed by atoms with van der Waals surface area (Å²) in [6.45, 7) is 5.72. The minimum absolute atomic E-state index is 0.478. The Kier molecular flexibility index (Phi) is 2.53.